The monoisotopic (exact) mass is 449 g/mol. The van der Waals surface area contributed by atoms with Gasteiger partial charge in [0, 0.05) is 23.1 Å². The predicted octanol–water partition coefficient (Wildman–Crippen LogP) is 4.44. The van der Waals surface area contributed by atoms with Crippen LogP contribution in [0.25, 0.3) is 5.69 Å². The van der Waals surface area contributed by atoms with Crippen molar-refractivity contribution in [2.45, 2.75) is 41.6 Å². The molecular weight excluding hydrogens is 430 g/mol. The summed E-state index contributed by atoms with van der Waals surface area (Å²) in [6.45, 7) is 4.09. The van der Waals surface area contributed by atoms with Gasteiger partial charge in [0.05, 0.1) is 12.4 Å². The molecule has 0 N–H and O–H groups in total. The summed E-state index contributed by atoms with van der Waals surface area (Å²) in [7, 11) is 0. The molecule has 1 aromatic carbocycles. The highest BCUT2D eigenvalue weighted by molar-refractivity contribution is 8.00. The SMILES string of the molecule is CCOC(=O)[C@H](CC)Sc1nnc(CSc2ncccn2)n1-c1ccc(Cl)cc1. The van der Waals surface area contributed by atoms with Gasteiger partial charge in [-0.05, 0) is 43.7 Å². The summed E-state index contributed by atoms with van der Waals surface area (Å²) in [5.74, 6) is 1.00. The summed E-state index contributed by atoms with van der Waals surface area (Å²) in [6.07, 6.45) is 4.02. The minimum absolute atomic E-state index is 0.251. The third-order valence-electron chi connectivity index (χ3n) is 3.83. The Labute approximate surface area is 182 Å². The third-order valence-corrected chi connectivity index (χ3v) is 6.23. The van der Waals surface area contributed by atoms with Crippen LogP contribution in [0.15, 0.2) is 53.0 Å². The molecule has 10 heteroatoms. The lowest BCUT2D eigenvalue weighted by molar-refractivity contribution is -0.142. The minimum Gasteiger partial charge on any atom is -0.465 e. The normalized spacial score (nSPS) is 12.0. The number of aromatic nitrogens is 5. The van der Waals surface area contributed by atoms with Gasteiger partial charge in [0.25, 0.3) is 0 Å². The first-order valence-electron chi connectivity index (χ1n) is 9.05. The summed E-state index contributed by atoms with van der Waals surface area (Å²) < 4.78 is 7.11. The molecule has 1 atom stereocenters. The number of rotatable bonds is 9. The topological polar surface area (TPSA) is 82.8 Å². The Morgan fingerprint density at radius 1 is 1.17 bits per heavy atom. The van der Waals surface area contributed by atoms with Gasteiger partial charge in [-0.1, -0.05) is 42.0 Å². The van der Waals surface area contributed by atoms with E-state index in [1.807, 2.05) is 35.8 Å². The molecule has 0 fully saturated rings. The molecule has 0 aliphatic carbocycles. The van der Waals surface area contributed by atoms with Crippen LogP contribution in [0.4, 0.5) is 0 Å². The fraction of sp³-hybridized carbons (Fsp3) is 0.316. The Balaban J connectivity index is 1.90. The van der Waals surface area contributed by atoms with Crippen LogP contribution in [-0.4, -0.2) is 42.6 Å². The number of esters is 1. The Morgan fingerprint density at radius 2 is 1.90 bits per heavy atom. The van der Waals surface area contributed by atoms with Crippen molar-refractivity contribution in [2.24, 2.45) is 0 Å². The van der Waals surface area contributed by atoms with Crippen LogP contribution >= 0.6 is 35.1 Å². The molecule has 7 nitrogen and oxygen atoms in total. The molecular formula is C19H20ClN5O2S2. The average Bonchev–Trinajstić information content (AvgIpc) is 3.14. The van der Waals surface area contributed by atoms with Crippen molar-refractivity contribution in [1.82, 2.24) is 24.7 Å². The van der Waals surface area contributed by atoms with Crippen LogP contribution in [-0.2, 0) is 15.3 Å². The molecule has 0 saturated heterocycles. The first kappa shape index (κ1) is 21.6. The quantitative estimate of drug-likeness (QED) is 0.269. The highest BCUT2D eigenvalue weighted by Gasteiger charge is 2.24. The van der Waals surface area contributed by atoms with Crippen molar-refractivity contribution in [3.63, 3.8) is 0 Å². The van der Waals surface area contributed by atoms with Gasteiger partial charge in [0.1, 0.15) is 11.1 Å². The number of hydrogen-bond acceptors (Lipinski definition) is 8. The van der Waals surface area contributed by atoms with E-state index >= 15 is 0 Å². The van der Waals surface area contributed by atoms with Crippen LogP contribution in [0.1, 0.15) is 26.1 Å². The highest BCUT2D eigenvalue weighted by atomic mass is 35.5. The predicted molar refractivity (Wildman–Crippen MR) is 115 cm³/mol. The second kappa shape index (κ2) is 10.6. The Bertz CT molecular complexity index is 938. The van der Waals surface area contributed by atoms with E-state index in [1.54, 1.807) is 25.4 Å². The van der Waals surface area contributed by atoms with E-state index < -0.39 is 0 Å². The molecule has 0 saturated carbocycles. The van der Waals surface area contributed by atoms with Crippen molar-refractivity contribution < 1.29 is 9.53 Å². The standard InChI is InChI=1S/C19H20ClN5O2S2/c1-3-15(17(26)27-4-2)29-19-24-23-16(12-28-18-21-10-5-11-22-18)25(19)14-8-6-13(20)7-9-14/h5-11,15H,3-4,12H2,1-2H3/t15-/m0/s1. The van der Waals surface area contributed by atoms with Gasteiger partial charge in [-0.3, -0.25) is 9.36 Å². The number of nitrogens with zero attached hydrogens (tertiary/aromatic N) is 5. The second-order valence-corrected chi connectivity index (χ2v) is 8.35. The van der Waals surface area contributed by atoms with Gasteiger partial charge in [0.2, 0.25) is 0 Å². The van der Waals surface area contributed by atoms with Crippen molar-refractivity contribution in [1.29, 1.82) is 0 Å². The van der Waals surface area contributed by atoms with Crippen molar-refractivity contribution in [3.8, 4) is 5.69 Å². The molecule has 2 aromatic heterocycles. The van der Waals surface area contributed by atoms with Crippen LogP contribution in [0.2, 0.25) is 5.02 Å². The fourth-order valence-corrected chi connectivity index (χ4v) is 4.30. The molecule has 0 spiro atoms. The van der Waals surface area contributed by atoms with E-state index in [2.05, 4.69) is 20.2 Å². The molecule has 29 heavy (non-hydrogen) atoms. The molecule has 0 radical (unpaired) electrons. The van der Waals surface area contributed by atoms with Crippen LogP contribution in [0.5, 0.6) is 0 Å². The maximum absolute atomic E-state index is 12.3. The lowest BCUT2D eigenvalue weighted by Gasteiger charge is -2.14. The summed E-state index contributed by atoms with van der Waals surface area (Å²) in [4.78, 5) is 20.7. The van der Waals surface area contributed by atoms with Crippen molar-refractivity contribution in [2.75, 3.05) is 6.61 Å². The highest BCUT2D eigenvalue weighted by Crippen LogP contribution is 2.30. The second-order valence-electron chi connectivity index (χ2n) is 5.80. The zero-order valence-corrected chi connectivity index (χ0v) is 18.4. The van der Waals surface area contributed by atoms with Gasteiger partial charge in [0.15, 0.2) is 10.3 Å². The summed E-state index contributed by atoms with van der Waals surface area (Å²) in [6, 6.07) is 9.19. The summed E-state index contributed by atoms with van der Waals surface area (Å²) in [5, 5.41) is 10.3. The van der Waals surface area contributed by atoms with E-state index in [0.717, 1.165) is 11.5 Å². The van der Waals surface area contributed by atoms with Gasteiger partial charge in [-0.15, -0.1) is 10.2 Å². The van der Waals surface area contributed by atoms with Gasteiger partial charge in [-0.2, -0.15) is 0 Å². The smallest absolute Gasteiger partial charge is 0.319 e. The Kier molecular flexibility index (Phi) is 7.91. The molecule has 0 aliphatic rings. The summed E-state index contributed by atoms with van der Waals surface area (Å²) in [5.41, 5.74) is 0.866. The van der Waals surface area contributed by atoms with E-state index in [4.69, 9.17) is 16.3 Å². The Morgan fingerprint density at radius 3 is 2.55 bits per heavy atom. The fourth-order valence-electron chi connectivity index (χ4n) is 2.47. The first-order chi connectivity index (χ1) is 14.1. The molecule has 0 unspecified atom stereocenters. The zero-order chi connectivity index (χ0) is 20.6. The summed E-state index contributed by atoms with van der Waals surface area (Å²) >= 11 is 8.86. The largest absolute Gasteiger partial charge is 0.465 e. The molecule has 3 aromatic rings. The van der Waals surface area contributed by atoms with Crippen LogP contribution in [0, 0.1) is 0 Å². The molecule has 3 rings (SSSR count). The minimum atomic E-state index is -0.358. The Hall–Kier alpha value is -2.10. The number of carbonyl (C=O) groups is 1. The number of thioether (sulfide) groups is 2. The molecule has 0 bridgehead atoms. The third kappa shape index (κ3) is 5.71. The van der Waals surface area contributed by atoms with Crippen LogP contribution in [0.3, 0.4) is 0 Å². The number of halogens is 1. The number of hydrogen-bond donors (Lipinski definition) is 0. The first-order valence-corrected chi connectivity index (χ1v) is 11.3. The number of benzene rings is 1. The lowest BCUT2D eigenvalue weighted by atomic mass is 10.3. The van der Waals surface area contributed by atoms with Crippen molar-refractivity contribution >= 4 is 41.1 Å². The zero-order valence-electron chi connectivity index (χ0n) is 16.0. The molecule has 2 heterocycles. The van der Waals surface area contributed by atoms with Gasteiger partial charge < -0.3 is 4.74 Å². The maximum atomic E-state index is 12.3. The van der Waals surface area contributed by atoms with E-state index in [0.29, 0.717) is 34.1 Å². The van der Waals surface area contributed by atoms with Crippen LogP contribution < -0.4 is 0 Å². The number of ether oxygens (including phenoxy) is 1. The molecule has 0 aliphatic heterocycles. The van der Waals surface area contributed by atoms with Crippen molar-refractivity contribution in [3.05, 3.63) is 53.6 Å². The molecule has 152 valence electrons. The number of carbonyl (C=O) groups excluding carboxylic acids is 1. The molecule has 0 amide bonds. The lowest BCUT2D eigenvalue weighted by Crippen LogP contribution is -2.20. The van der Waals surface area contributed by atoms with E-state index in [-0.39, 0.29) is 11.2 Å². The van der Waals surface area contributed by atoms with E-state index in [9.17, 15) is 4.79 Å². The van der Waals surface area contributed by atoms with Gasteiger partial charge >= 0.3 is 5.97 Å². The van der Waals surface area contributed by atoms with E-state index in [1.165, 1.54) is 23.5 Å². The maximum Gasteiger partial charge on any atom is 0.319 e. The van der Waals surface area contributed by atoms with Gasteiger partial charge in [-0.25, -0.2) is 9.97 Å². The average molecular weight is 450 g/mol.